The van der Waals surface area contributed by atoms with Crippen LogP contribution >= 0.6 is 0 Å². The molecule has 0 spiro atoms. The van der Waals surface area contributed by atoms with Crippen LogP contribution in [0.2, 0.25) is 0 Å². The van der Waals surface area contributed by atoms with E-state index in [0.717, 1.165) is 34.4 Å². The maximum absolute atomic E-state index is 6.59. The zero-order chi connectivity index (χ0) is 26.7. The van der Waals surface area contributed by atoms with Crippen LogP contribution in [0.3, 0.4) is 0 Å². The minimum Gasteiger partial charge on any atom is -0.383 e. The Morgan fingerprint density at radius 2 is 1.47 bits per heavy atom. The summed E-state index contributed by atoms with van der Waals surface area (Å²) in [6.07, 6.45) is 11.4. The Bertz CT molecular complexity index is 1470. The number of nitrogens with zero attached hydrogens (tertiary/aromatic N) is 1. The molecule has 1 atom stereocenters. The molecule has 2 heteroatoms. The van der Waals surface area contributed by atoms with Crippen LogP contribution in [0.5, 0.6) is 0 Å². The van der Waals surface area contributed by atoms with E-state index in [9.17, 15) is 0 Å². The fourth-order valence-corrected chi connectivity index (χ4v) is 4.55. The Morgan fingerprint density at radius 1 is 0.789 bits per heavy atom. The molecule has 0 saturated carbocycles. The van der Waals surface area contributed by atoms with Gasteiger partial charge in [0, 0.05) is 17.0 Å². The second-order valence-corrected chi connectivity index (χ2v) is 9.31. The van der Waals surface area contributed by atoms with Crippen LogP contribution < -0.4 is 5.73 Å². The highest BCUT2D eigenvalue weighted by molar-refractivity contribution is 6.01. The summed E-state index contributed by atoms with van der Waals surface area (Å²) < 4.78 is 0. The molecular weight excluding hydrogens is 460 g/mol. The SMILES string of the molecule is C\C=C/C=C\C(=C\CC)c1ccccc1N=C(N)c1cccc(-c2cccc(C(C)c3ccccc3)c2)c1. The van der Waals surface area contributed by atoms with Crippen molar-refractivity contribution in [1.29, 1.82) is 0 Å². The highest BCUT2D eigenvalue weighted by atomic mass is 14.9. The fourth-order valence-electron chi connectivity index (χ4n) is 4.55. The van der Waals surface area contributed by atoms with Crippen molar-refractivity contribution in [3.8, 4) is 11.1 Å². The van der Waals surface area contributed by atoms with Crippen molar-refractivity contribution < 1.29 is 0 Å². The molecule has 0 radical (unpaired) electrons. The van der Waals surface area contributed by atoms with E-state index in [0.29, 0.717) is 11.8 Å². The summed E-state index contributed by atoms with van der Waals surface area (Å²) in [5.74, 6) is 0.816. The summed E-state index contributed by atoms with van der Waals surface area (Å²) in [4.78, 5) is 4.88. The average molecular weight is 497 g/mol. The molecule has 4 aromatic carbocycles. The van der Waals surface area contributed by atoms with E-state index in [4.69, 9.17) is 10.7 Å². The van der Waals surface area contributed by atoms with Crippen molar-refractivity contribution in [3.05, 3.63) is 156 Å². The molecule has 4 aromatic rings. The average Bonchev–Trinajstić information content (AvgIpc) is 2.97. The maximum Gasteiger partial charge on any atom is 0.131 e. The number of allylic oxidation sites excluding steroid dienone is 6. The summed E-state index contributed by atoms with van der Waals surface area (Å²) in [5.41, 5.74) is 15.5. The van der Waals surface area contributed by atoms with E-state index < -0.39 is 0 Å². The van der Waals surface area contributed by atoms with Gasteiger partial charge in [0.1, 0.15) is 5.84 Å². The van der Waals surface area contributed by atoms with Crippen LogP contribution in [0.4, 0.5) is 5.69 Å². The highest BCUT2D eigenvalue weighted by Crippen LogP contribution is 2.30. The molecule has 0 bridgehead atoms. The lowest BCUT2D eigenvalue weighted by Crippen LogP contribution is -2.13. The largest absolute Gasteiger partial charge is 0.383 e. The normalized spacial score (nSPS) is 13.3. The maximum atomic E-state index is 6.59. The molecule has 38 heavy (non-hydrogen) atoms. The summed E-state index contributed by atoms with van der Waals surface area (Å²) in [6.45, 7) is 6.41. The second-order valence-electron chi connectivity index (χ2n) is 9.31. The summed E-state index contributed by atoms with van der Waals surface area (Å²) >= 11 is 0. The van der Waals surface area contributed by atoms with Gasteiger partial charge in [-0.3, -0.25) is 0 Å². The van der Waals surface area contributed by atoms with Crippen LogP contribution in [0.1, 0.15) is 55.4 Å². The van der Waals surface area contributed by atoms with E-state index in [1.165, 1.54) is 16.7 Å². The Balaban J connectivity index is 1.66. The van der Waals surface area contributed by atoms with E-state index in [-0.39, 0.29) is 0 Å². The number of aliphatic imine (C=N–C) groups is 1. The van der Waals surface area contributed by atoms with Crippen LogP contribution in [-0.4, -0.2) is 5.84 Å². The zero-order valence-electron chi connectivity index (χ0n) is 22.5. The van der Waals surface area contributed by atoms with E-state index in [1.807, 2.05) is 43.3 Å². The minimum absolute atomic E-state index is 0.315. The molecular formula is C36H36N2. The predicted molar refractivity (Wildman–Crippen MR) is 165 cm³/mol. The molecule has 0 aliphatic rings. The van der Waals surface area contributed by atoms with Gasteiger partial charge in [-0.05, 0) is 53.3 Å². The van der Waals surface area contributed by atoms with Crippen molar-refractivity contribution in [2.75, 3.05) is 0 Å². The second kappa shape index (κ2) is 13.2. The fraction of sp³-hybridized carbons (Fsp3) is 0.139. The lowest BCUT2D eigenvalue weighted by Gasteiger charge is -2.14. The number of amidine groups is 1. The number of hydrogen-bond acceptors (Lipinski definition) is 1. The molecule has 2 N–H and O–H groups in total. The molecule has 0 fully saturated rings. The summed E-state index contributed by atoms with van der Waals surface area (Å²) in [6, 6.07) is 35.9. The van der Waals surface area contributed by atoms with E-state index in [2.05, 4.69) is 111 Å². The van der Waals surface area contributed by atoms with Gasteiger partial charge in [0.05, 0.1) is 5.69 Å². The van der Waals surface area contributed by atoms with Crippen LogP contribution in [0.25, 0.3) is 16.7 Å². The van der Waals surface area contributed by atoms with Gasteiger partial charge in [0.2, 0.25) is 0 Å². The monoisotopic (exact) mass is 496 g/mol. The molecule has 1 unspecified atom stereocenters. The van der Waals surface area contributed by atoms with Crippen molar-refractivity contribution in [1.82, 2.24) is 0 Å². The van der Waals surface area contributed by atoms with Gasteiger partial charge in [-0.1, -0.05) is 135 Å². The molecule has 2 nitrogen and oxygen atoms in total. The predicted octanol–water partition coefficient (Wildman–Crippen LogP) is 9.47. The van der Waals surface area contributed by atoms with Crippen molar-refractivity contribution in [2.45, 2.75) is 33.1 Å². The van der Waals surface area contributed by atoms with Gasteiger partial charge in [0.15, 0.2) is 0 Å². The topological polar surface area (TPSA) is 38.4 Å². The first kappa shape index (κ1) is 26.6. The van der Waals surface area contributed by atoms with Crippen LogP contribution in [0.15, 0.2) is 139 Å². The molecule has 0 heterocycles. The van der Waals surface area contributed by atoms with Crippen LogP contribution in [0, 0.1) is 0 Å². The van der Waals surface area contributed by atoms with Gasteiger partial charge in [-0.15, -0.1) is 0 Å². The standard InChI is InChI=1S/C36H36N2/c1-4-6-8-18-29(15-5-2)34-23-11-12-24-35(34)38-36(37)33-22-14-21-32(26-33)31-20-13-19-30(25-31)27(3)28-16-9-7-10-17-28/h4,6-27H,5H2,1-3H3,(H2,37,38)/b6-4-,18-8-,29-15-. The first-order valence-electron chi connectivity index (χ1n) is 13.3. The first-order valence-corrected chi connectivity index (χ1v) is 13.3. The number of nitrogens with two attached hydrogens (primary N) is 1. The van der Waals surface area contributed by atoms with E-state index >= 15 is 0 Å². The molecule has 0 amide bonds. The van der Waals surface area contributed by atoms with Gasteiger partial charge < -0.3 is 5.73 Å². The lowest BCUT2D eigenvalue weighted by molar-refractivity contribution is 0.923. The molecule has 4 rings (SSSR count). The van der Waals surface area contributed by atoms with Crippen molar-refractivity contribution in [2.24, 2.45) is 10.7 Å². The Hall–Kier alpha value is -4.43. The summed E-state index contributed by atoms with van der Waals surface area (Å²) in [5, 5.41) is 0. The first-order chi connectivity index (χ1) is 18.6. The smallest absolute Gasteiger partial charge is 0.131 e. The van der Waals surface area contributed by atoms with Gasteiger partial charge >= 0.3 is 0 Å². The number of benzene rings is 4. The van der Waals surface area contributed by atoms with Gasteiger partial charge in [-0.25, -0.2) is 4.99 Å². The third-order valence-corrected chi connectivity index (χ3v) is 6.64. The Morgan fingerprint density at radius 3 is 2.24 bits per heavy atom. The van der Waals surface area contributed by atoms with E-state index in [1.54, 1.807) is 0 Å². The number of hydrogen-bond donors (Lipinski definition) is 1. The zero-order valence-corrected chi connectivity index (χ0v) is 22.5. The Kier molecular flexibility index (Phi) is 9.26. The Labute approximate surface area is 227 Å². The number of para-hydroxylation sites is 1. The van der Waals surface area contributed by atoms with Crippen molar-refractivity contribution in [3.63, 3.8) is 0 Å². The van der Waals surface area contributed by atoms with Gasteiger partial charge in [-0.2, -0.15) is 0 Å². The van der Waals surface area contributed by atoms with Crippen LogP contribution in [-0.2, 0) is 0 Å². The third-order valence-electron chi connectivity index (χ3n) is 6.64. The van der Waals surface area contributed by atoms with Crippen molar-refractivity contribution >= 4 is 17.1 Å². The summed E-state index contributed by atoms with van der Waals surface area (Å²) in [7, 11) is 0. The molecule has 0 saturated heterocycles. The number of rotatable bonds is 9. The van der Waals surface area contributed by atoms with Gasteiger partial charge in [0.25, 0.3) is 0 Å². The highest BCUT2D eigenvalue weighted by Gasteiger charge is 2.11. The lowest BCUT2D eigenvalue weighted by atomic mass is 9.91. The molecule has 190 valence electrons. The molecule has 0 aliphatic carbocycles. The molecule has 0 aromatic heterocycles. The minimum atomic E-state index is 0.315. The molecule has 0 aliphatic heterocycles. The third kappa shape index (κ3) is 6.66. The quantitative estimate of drug-likeness (QED) is 0.140.